The van der Waals surface area contributed by atoms with Gasteiger partial charge in [-0.05, 0) is 24.6 Å². The van der Waals surface area contributed by atoms with Crippen molar-refractivity contribution in [2.75, 3.05) is 0 Å². The largest absolute Gasteiger partial charge is 0.481 e. The average molecular weight is 325 g/mol. The zero-order valence-electron chi connectivity index (χ0n) is 10.5. The molecule has 0 fully saturated rings. The molecule has 0 atom stereocenters. The first-order chi connectivity index (χ1) is 8.90. The molecule has 1 aromatic carbocycles. The first kappa shape index (κ1) is 13.6. The maximum atomic E-state index is 12.0. The summed E-state index contributed by atoms with van der Waals surface area (Å²) in [5.74, 6) is -1.02. The van der Waals surface area contributed by atoms with Gasteiger partial charge in [0.05, 0.1) is 17.7 Å². The lowest BCUT2D eigenvalue weighted by Gasteiger charge is -2.06. The summed E-state index contributed by atoms with van der Waals surface area (Å²) in [5.41, 5.74) is 2.32. The van der Waals surface area contributed by atoms with Crippen LogP contribution in [0.4, 0.5) is 0 Å². The maximum absolute atomic E-state index is 12.0. The van der Waals surface area contributed by atoms with Crippen molar-refractivity contribution < 1.29 is 9.90 Å². The normalized spacial score (nSPS) is 10.7. The number of aromatic nitrogens is 2. The minimum atomic E-state index is -1.02. The summed E-state index contributed by atoms with van der Waals surface area (Å²) >= 11 is 3.38. The van der Waals surface area contributed by atoms with E-state index in [1.54, 1.807) is 7.05 Å². The predicted molar refractivity (Wildman–Crippen MR) is 75.2 cm³/mol. The van der Waals surface area contributed by atoms with Crippen LogP contribution in [0.5, 0.6) is 0 Å². The summed E-state index contributed by atoms with van der Waals surface area (Å²) in [6.07, 6.45) is -0.294. The molecule has 2 N–H and O–H groups in total. The fraction of sp³-hybridized carbons (Fsp3) is 0.231. The number of aliphatic carboxylic acids is 1. The topological polar surface area (TPSA) is 75.1 Å². The molecular formula is C13H13BrN2O3. The summed E-state index contributed by atoms with van der Waals surface area (Å²) in [4.78, 5) is 22.8. The summed E-state index contributed by atoms with van der Waals surface area (Å²) in [7, 11) is 1.57. The van der Waals surface area contributed by atoms with E-state index in [2.05, 4.69) is 21.0 Å². The van der Waals surface area contributed by atoms with Gasteiger partial charge in [-0.3, -0.25) is 19.4 Å². The molecule has 0 aliphatic heterocycles. The van der Waals surface area contributed by atoms with Gasteiger partial charge in [0.1, 0.15) is 0 Å². The number of carboxylic acid groups (broad SMARTS) is 1. The van der Waals surface area contributed by atoms with E-state index in [9.17, 15) is 9.59 Å². The van der Waals surface area contributed by atoms with E-state index in [-0.39, 0.29) is 17.5 Å². The van der Waals surface area contributed by atoms with Crippen molar-refractivity contribution in [3.8, 4) is 11.3 Å². The molecule has 2 aromatic rings. The molecular weight excluding hydrogens is 312 g/mol. The molecule has 100 valence electrons. The fourth-order valence-electron chi connectivity index (χ4n) is 2.00. The van der Waals surface area contributed by atoms with Gasteiger partial charge in [0.15, 0.2) is 0 Å². The Morgan fingerprint density at radius 2 is 2.16 bits per heavy atom. The van der Waals surface area contributed by atoms with E-state index in [1.807, 2.05) is 25.1 Å². The SMILES string of the molecule is Cc1ccc(Br)cc1-c1[nH]n(C)c(=O)c1CC(=O)O. The molecule has 0 unspecified atom stereocenters. The number of H-pyrrole nitrogens is 1. The Balaban J connectivity index is 2.68. The Morgan fingerprint density at radius 1 is 1.47 bits per heavy atom. The average Bonchev–Trinajstić information content (AvgIpc) is 2.60. The number of aryl methyl sites for hydroxylation is 2. The number of carbonyl (C=O) groups is 1. The van der Waals surface area contributed by atoms with Gasteiger partial charge in [-0.15, -0.1) is 0 Å². The number of rotatable bonds is 3. The maximum Gasteiger partial charge on any atom is 0.308 e. The van der Waals surface area contributed by atoms with E-state index in [0.717, 1.165) is 15.6 Å². The molecule has 0 amide bonds. The molecule has 0 radical (unpaired) electrons. The molecule has 0 bridgehead atoms. The first-order valence-electron chi connectivity index (χ1n) is 5.66. The summed E-state index contributed by atoms with van der Waals surface area (Å²) in [6, 6.07) is 5.68. The van der Waals surface area contributed by atoms with Gasteiger partial charge in [-0.2, -0.15) is 0 Å². The zero-order chi connectivity index (χ0) is 14.2. The van der Waals surface area contributed by atoms with Gasteiger partial charge in [0.2, 0.25) is 0 Å². The molecule has 6 heteroatoms. The number of nitrogens with one attached hydrogen (secondary N) is 1. The molecule has 5 nitrogen and oxygen atoms in total. The Bertz CT molecular complexity index is 700. The van der Waals surface area contributed by atoms with Crippen LogP contribution in [-0.2, 0) is 18.3 Å². The smallest absolute Gasteiger partial charge is 0.308 e. The molecule has 1 heterocycles. The molecule has 1 aromatic heterocycles. The molecule has 0 saturated heterocycles. The highest BCUT2D eigenvalue weighted by atomic mass is 79.9. The van der Waals surface area contributed by atoms with Crippen LogP contribution in [0.15, 0.2) is 27.5 Å². The number of carboxylic acids is 1. The number of nitrogens with zero attached hydrogens (tertiary/aromatic N) is 1. The Labute approximate surface area is 118 Å². The highest BCUT2D eigenvalue weighted by Crippen LogP contribution is 2.27. The van der Waals surface area contributed by atoms with Crippen LogP contribution in [-0.4, -0.2) is 20.9 Å². The van der Waals surface area contributed by atoms with Crippen LogP contribution in [0, 0.1) is 6.92 Å². The monoisotopic (exact) mass is 324 g/mol. The number of aromatic amines is 1. The molecule has 19 heavy (non-hydrogen) atoms. The van der Waals surface area contributed by atoms with Crippen molar-refractivity contribution in [2.45, 2.75) is 13.3 Å². The lowest BCUT2D eigenvalue weighted by Crippen LogP contribution is -2.17. The molecule has 2 rings (SSSR count). The highest BCUT2D eigenvalue weighted by Gasteiger charge is 2.18. The van der Waals surface area contributed by atoms with Gasteiger partial charge in [-0.25, -0.2) is 0 Å². The van der Waals surface area contributed by atoms with Gasteiger partial charge in [-0.1, -0.05) is 22.0 Å². The second-order valence-corrected chi connectivity index (χ2v) is 5.27. The van der Waals surface area contributed by atoms with Crippen LogP contribution in [0.2, 0.25) is 0 Å². The van der Waals surface area contributed by atoms with Crippen molar-refractivity contribution in [1.82, 2.24) is 9.78 Å². The molecule has 0 aliphatic carbocycles. The zero-order valence-corrected chi connectivity index (χ0v) is 12.1. The van der Waals surface area contributed by atoms with Crippen molar-refractivity contribution in [3.05, 3.63) is 44.2 Å². The van der Waals surface area contributed by atoms with Crippen LogP contribution >= 0.6 is 15.9 Å². The Morgan fingerprint density at radius 3 is 2.79 bits per heavy atom. The fourth-order valence-corrected chi connectivity index (χ4v) is 2.36. The summed E-state index contributed by atoms with van der Waals surface area (Å²) in [5, 5.41) is 11.8. The van der Waals surface area contributed by atoms with Crippen LogP contribution < -0.4 is 5.56 Å². The van der Waals surface area contributed by atoms with Crippen LogP contribution in [0.3, 0.4) is 0 Å². The summed E-state index contributed by atoms with van der Waals surface area (Å²) in [6.45, 7) is 1.91. The molecule has 0 aliphatic rings. The van der Waals surface area contributed by atoms with Crippen molar-refractivity contribution >= 4 is 21.9 Å². The van der Waals surface area contributed by atoms with Crippen molar-refractivity contribution in [1.29, 1.82) is 0 Å². The lowest BCUT2D eigenvalue weighted by molar-refractivity contribution is -0.136. The third-order valence-corrected chi connectivity index (χ3v) is 3.43. The van der Waals surface area contributed by atoms with Gasteiger partial charge in [0, 0.05) is 17.1 Å². The van der Waals surface area contributed by atoms with Crippen LogP contribution in [0.1, 0.15) is 11.1 Å². The lowest BCUT2D eigenvalue weighted by atomic mass is 10.0. The quantitative estimate of drug-likeness (QED) is 0.907. The van der Waals surface area contributed by atoms with Crippen molar-refractivity contribution in [3.63, 3.8) is 0 Å². The molecule has 0 spiro atoms. The summed E-state index contributed by atoms with van der Waals surface area (Å²) < 4.78 is 2.17. The highest BCUT2D eigenvalue weighted by molar-refractivity contribution is 9.10. The standard InChI is InChI=1S/C13H13BrN2O3/c1-7-3-4-8(14)5-9(7)12-10(6-11(17)18)13(19)16(2)15-12/h3-5,15H,6H2,1-2H3,(H,17,18). The van der Waals surface area contributed by atoms with E-state index in [1.165, 1.54) is 4.68 Å². The Hall–Kier alpha value is -1.82. The van der Waals surface area contributed by atoms with Gasteiger partial charge in [0.25, 0.3) is 5.56 Å². The predicted octanol–water partition coefficient (Wildman–Crippen LogP) is 2.08. The van der Waals surface area contributed by atoms with E-state index in [4.69, 9.17) is 5.11 Å². The minimum absolute atomic E-state index is 0.274. The first-order valence-corrected chi connectivity index (χ1v) is 6.45. The van der Waals surface area contributed by atoms with E-state index in [0.29, 0.717) is 5.69 Å². The van der Waals surface area contributed by atoms with Crippen LogP contribution in [0.25, 0.3) is 11.3 Å². The van der Waals surface area contributed by atoms with Gasteiger partial charge >= 0.3 is 5.97 Å². The second-order valence-electron chi connectivity index (χ2n) is 4.36. The van der Waals surface area contributed by atoms with E-state index >= 15 is 0 Å². The number of halogens is 1. The van der Waals surface area contributed by atoms with E-state index < -0.39 is 5.97 Å². The van der Waals surface area contributed by atoms with Crippen molar-refractivity contribution in [2.24, 2.45) is 7.05 Å². The minimum Gasteiger partial charge on any atom is -0.481 e. The third kappa shape index (κ3) is 2.63. The Kier molecular flexibility index (Phi) is 3.61. The second kappa shape index (κ2) is 5.05. The van der Waals surface area contributed by atoms with Gasteiger partial charge < -0.3 is 5.11 Å². The molecule has 0 saturated carbocycles. The third-order valence-electron chi connectivity index (χ3n) is 2.94. The number of benzene rings is 1. The number of hydrogen-bond donors (Lipinski definition) is 2. The number of hydrogen-bond acceptors (Lipinski definition) is 2.